The first kappa shape index (κ1) is 24.6. The minimum absolute atomic E-state index is 0.0153. The molecule has 0 spiro atoms. The zero-order valence-electron chi connectivity index (χ0n) is 20.4. The molecular formula is C27H35N3O3S. The zero-order chi connectivity index (χ0) is 24.3. The van der Waals surface area contributed by atoms with Gasteiger partial charge in [0.2, 0.25) is 17.7 Å². The van der Waals surface area contributed by atoms with E-state index in [1.165, 1.54) is 16.2 Å². The van der Waals surface area contributed by atoms with Gasteiger partial charge >= 0.3 is 0 Å². The van der Waals surface area contributed by atoms with E-state index in [0.717, 1.165) is 36.5 Å². The summed E-state index contributed by atoms with van der Waals surface area (Å²) in [6, 6.07) is 13.2. The standard InChI is InChI=1S/C27H35N3O3S/c1-20(2)16-29-12-11-21(18-29)17-28(3)24(31)14-27(22-8-5-4-6-9-22)15-25(32)30(26(27)33)19-23-10-7-13-34-23/h4-10,13,20-21H,11-12,14-19H2,1-3H3/t21-,27+/m0/s1. The summed E-state index contributed by atoms with van der Waals surface area (Å²) in [7, 11) is 1.83. The normalized spacial score (nSPS) is 23.3. The molecule has 2 aliphatic heterocycles. The molecule has 34 heavy (non-hydrogen) atoms. The Bertz CT molecular complexity index is 1010. The first-order chi connectivity index (χ1) is 16.3. The topological polar surface area (TPSA) is 60.9 Å². The van der Waals surface area contributed by atoms with Crippen molar-refractivity contribution in [1.82, 2.24) is 14.7 Å². The van der Waals surface area contributed by atoms with Crippen LogP contribution >= 0.6 is 11.3 Å². The van der Waals surface area contributed by atoms with Gasteiger partial charge in [-0.25, -0.2) is 0 Å². The van der Waals surface area contributed by atoms with E-state index in [2.05, 4.69) is 18.7 Å². The lowest BCUT2D eigenvalue weighted by Gasteiger charge is -2.30. The molecule has 0 radical (unpaired) electrons. The molecule has 1 aromatic heterocycles. The number of thiophene rings is 1. The van der Waals surface area contributed by atoms with Crippen LogP contribution in [0.2, 0.25) is 0 Å². The molecule has 7 heteroatoms. The van der Waals surface area contributed by atoms with Crippen LogP contribution in [-0.4, -0.2) is 65.6 Å². The fraction of sp³-hybridized carbons (Fsp3) is 0.519. The van der Waals surface area contributed by atoms with Crippen molar-refractivity contribution < 1.29 is 14.4 Å². The van der Waals surface area contributed by atoms with Crippen LogP contribution < -0.4 is 0 Å². The molecule has 0 aliphatic carbocycles. The van der Waals surface area contributed by atoms with Crippen molar-refractivity contribution in [3.8, 4) is 0 Å². The summed E-state index contributed by atoms with van der Waals surface area (Å²) in [4.78, 5) is 46.8. The molecule has 2 saturated heterocycles. The maximum absolute atomic E-state index is 13.7. The molecule has 2 atom stereocenters. The zero-order valence-corrected chi connectivity index (χ0v) is 21.2. The molecule has 3 heterocycles. The van der Waals surface area contributed by atoms with Crippen LogP contribution in [0.1, 0.15) is 43.6 Å². The Hall–Kier alpha value is -2.51. The second-order valence-electron chi connectivity index (χ2n) is 10.2. The Labute approximate surface area is 206 Å². The van der Waals surface area contributed by atoms with E-state index >= 15 is 0 Å². The van der Waals surface area contributed by atoms with E-state index in [0.29, 0.717) is 18.4 Å². The predicted molar refractivity (Wildman–Crippen MR) is 134 cm³/mol. The summed E-state index contributed by atoms with van der Waals surface area (Å²) in [6.45, 7) is 8.57. The first-order valence-electron chi connectivity index (χ1n) is 12.2. The van der Waals surface area contributed by atoms with Gasteiger partial charge in [-0.3, -0.25) is 19.3 Å². The van der Waals surface area contributed by atoms with E-state index in [-0.39, 0.29) is 37.1 Å². The van der Waals surface area contributed by atoms with Crippen LogP contribution in [0.15, 0.2) is 47.8 Å². The number of likely N-dealkylation sites (tertiary alicyclic amines) is 2. The lowest BCUT2D eigenvalue weighted by molar-refractivity contribution is -0.143. The lowest BCUT2D eigenvalue weighted by atomic mass is 9.75. The molecule has 182 valence electrons. The van der Waals surface area contributed by atoms with Crippen molar-refractivity contribution in [2.45, 2.75) is 45.1 Å². The number of imide groups is 1. The lowest BCUT2D eigenvalue weighted by Crippen LogP contribution is -2.43. The average molecular weight is 482 g/mol. The number of nitrogens with zero attached hydrogens (tertiary/aromatic N) is 3. The third kappa shape index (κ3) is 5.26. The maximum Gasteiger partial charge on any atom is 0.241 e. The van der Waals surface area contributed by atoms with Crippen molar-refractivity contribution in [2.75, 3.05) is 33.2 Å². The molecule has 0 bridgehead atoms. The Morgan fingerprint density at radius 1 is 1.18 bits per heavy atom. The summed E-state index contributed by atoms with van der Waals surface area (Å²) < 4.78 is 0. The van der Waals surface area contributed by atoms with E-state index in [9.17, 15) is 14.4 Å². The van der Waals surface area contributed by atoms with E-state index < -0.39 is 5.41 Å². The monoisotopic (exact) mass is 481 g/mol. The van der Waals surface area contributed by atoms with Crippen molar-refractivity contribution >= 4 is 29.1 Å². The van der Waals surface area contributed by atoms with Gasteiger partial charge in [0, 0.05) is 44.4 Å². The number of benzene rings is 1. The van der Waals surface area contributed by atoms with Gasteiger partial charge in [0.1, 0.15) is 0 Å². The van der Waals surface area contributed by atoms with Crippen LogP contribution in [0.3, 0.4) is 0 Å². The summed E-state index contributed by atoms with van der Waals surface area (Å²) in [5.41, 5.74) is -0.395. The third-order valence-corrected chi connectivity index (χ3v) is 7.89. The molecule has 1 aromatic carbocycles. The fourth-order valence-corrected chi connectivity index (χ4v) is 6.06. The minimum Gasteiger partial charge on any atom is -0.345 e. The van der Waals surface area contributed by atoms with Crippen LogP contribution in [0.25, 0.3) is 0 Å². The van der Waals surface area contributed by atoms with Crippen molar-refractivity contribution in [3.05, 3.63) is 58.3 Å². The quantitative estimate of drug-likeness (QED) is 0.512. The summed E-state index contributed by atoms with van der Waals surface area (Å²) in [5, 5.41) is 1.94. The van der Waals surface area contributed by atoms with Crippen LogP contribution in [-0.2, 0) is 26.3 Å². The van der Waals surface area contributed by atoms with Crippen LogP contribution in [0.5, 0.6) is 0 Å². The SMILES string of the molecule is CC(C)CN1CC[C@@H](CN(C)C(=O)C[C@]2(c3ccccc3)CC(=O)N(Cc3cccs3)C2=O)C1. The number of rotatable bonds is 9. The maximum atomic E-state index is 13.7. The second-order valence-corrected chi connectivity index (χ2v) is 11.3. The summed E-state index contributed by atoms with van der Waals surface area (Å²) in [6.07, 6.45) is 1.13. The molecule has 0 N–H and O–H groups in total. The number of hydrogen-bond acceptors (Lipinski definition) is 5. The van der Waals surface area contributed by atoms with Crippen molar-refractivity contribution in [1.29, 1.82) is 0 Å². The fourth-order valence-electron chi connectivity index (χ4n) is 5.37. The molecule has 0 unspecified atom stereocenters. The Kier molecular flexibility index (Phi) is 7.53. The van der Waals surface area contributed by atoms with Crippen LogP contribution in [0.4, 0.5) is 0 Å². The Balaban J connectivity index is 1.49. The average Bonchev–Trinajstić information content (AvgIpc) is 3.52. The minimum atomic E-state index is -1.14. The number of carbonyl (C=O) groups excluding carboxylic acids is 3. The van der Waals surface area contributed by atoms with Gasteiger partial charge in [-0.2, -0.15) is 0 Å². The smallest absolute Gasteiger partial charge is 0.241 e. The van der Waals surface area contributed by atoms with Crippen LogP contribution in [0, 0.1) is 11.8 Å². The van der Waals surface area contributed by atoms with Gasteiger partial charge in [0.25, 0.3) is 0 Å². The molecule has 0 saturated carbocycles. The van der Waals surface area contributed by atoms with Gasteiger partial charge in [-0.05, 0) is 41.8 Å². The summed E-state index contributed by atoms with van der Waals surface area (Å²) >= 11 is 1.52. The van der Waals surface area contributed by atoms with E-state index in [1.54, 1.807) is 4.90 Å². The van der Waals surface area contributed by atoms with Gasteiger partial charge in [-0.1, -0.05) is 50.2 Å². The molecule has 2 aliphatic rings. The van der Waals surface area contributed by atoms with E-state index in [4.69, 9.17) is 0 Å². The molecule has 3 amide bonds. The molecule has 4 rings (SSSR count). The first-order valence-corrected chi connectivity index (χ1v) is 13.1. The third-order valence-electron chi connectivity index (χ3n) is 7.03. The van der Waals surface area contributed by atoms with Gasteiger partial charge < -0.3 is 9.80 Å². The summed E-state index contributed by atoms with van der Waals surface area (Å²) in [5.74, 6) is 0.523. The highest BCUT2D eigenvalue weighted by molar-refractivity contribution is 7.09. The molecule has 2 fully saturated rings. The van der Waals surface area contributed by atoms with E-state index in [1.807, 2.05) is 54.9 Å². The van der Waals surface area contributed by atoms with Crippen molar-refractivity contribution in [3.63, 3.8) is 0 Å². The Morgan fingerprint density at radius 2 is 1.94 bits per heavy atom. The highest BCUT2D eigenvalue weighted by Crippen LogP contribution is 2.41. The second kappa shape index (κ2) is 10.4. The highest BCUT2D eigenvalue weighted by atomic mass is 32.1. The molecular weight excluding hydrogens is 446 g/mol. The highest BCUT2D eigenvalue weighted by Gasteiger charge is 2.54. The molecule has 2 aromatic rings. The number of carbonyl (C=O) groups is 3. The predicted octanol–water partition coefficient (Wildman–Crippen LogP) is 3.77. The number of amides is 3. The number of hydrogen-bond donors (Lipinski definition) is 0. The van der Waals surface area contributed by atoms with Gasteiger partial charge in [0.05, 0.1) is 12.0 Å². The van der Waals surface area contributed by atoms with Gasteiger partial charge in [-0.15, -0.1) is 11.3 Å². The van der Waals surface area contributed by atoms with Gasteiger partial charge in [0.15, 0.2) is 0 Å². The Morgan fingerprint density at radius 3 is 2.62 bits per heavy atom. The van der Waals surface area contributed by atoms with Crippen molar-refractivity contribution in [2.24, 2.45) is 11.8 Å². The largest absolute Gasteiger partial charge is 0.345 e. The molecule has 6 nitrogen and oxygen atoms in total.